The van der Waals surface area contributed by atoms with Crippen molar-refractivity contribution in [1.82, 2.24) is 19.5 Å². The molecule has 0 saturated carbocycles. The van der Waals surface area contributed by atoms with E-state index in [9.17, 15) is 13.2 Å². The number of nitrogens with one attached hydrogen (secondary N) is 1. The van der Waals surface area contributed by atoms with E-state index < -0.39 is 10.0 Å². The van der Waals surface area contributed by atoms with Gasteiger partial charge in [0.25, 0.3) is 5.91 Å². The van der Waals surface area contributed by atoms with E-state index in [4.69, 9.17) is 0 Å². The Balaban J connectivity index is 1.60. The van der Waals surface area contributed by atoms with Crippen LogP contribution in [0.1, 0.15) is 27.3 Å². The van der Waals surface area contributed by atoms with Crippen LogP contribution in [-0.4, -0.2) is 42.7 Å². The van der Waals surface area contributed by atoms with E-state index in [1.54, 1.807) is 40.0 Å². The number of anilines is 1. The fourth-order valence-corrected chi connectivity index (χ4v) is 4.31. The first kappa shape index (κ1) is 19.3. The summed E-state index contributed by atoms with van der Waals surface area (Å²) in [6.07, 6.45) is 2.15. The number of carbonyl (C=O) groups excluding carboxylic acids is 1. The lowest BCUT2D eigenvalue weighted by atomic mass is 10.1. The van der Waals surface area contributed by atoms with Gasteiger partial charge < -0.3 is 4.90 Å². The molecule has 0 radical (unpaired) electrons. The summed E-state index contributed by atoms with van der Waals surface area (Å²) in [6.45, 7) is 4.36. The number of sulfonamides is 1. The molecule has 150 valence electrons. The van der Waals surface area contributed by atoms with E-state index in [0.717, 1.165) is 22.6 Å². The molecular weight excluding hydrogens is 390 g/mol. The Hall–Kier alpha value is -3.04. The van der Waals surface area contributed by atoms with Gasteiger partial charge in [0.15, 0.2) is 5.82 Å². The van der Waals surface area contributed by atoms with E-state index in [0.29, 0.717) is 24.3 Å². The zero-order chi connectivity index (χ0) is 20.8. The maximum absolute atomic E-state index is 13.0. The number of carbonyl (C=O) groups is 1. The number of pyridine rings is 1. The number of hydrogen-bond acceptors (Lipinski definition) is 5. The van der Waals surface area contributed by atoms with Crippen LogP contribution < -0.4 is 9.62 Å². The van der Waals surface area contributed by atoms with Crippen molar-refractivity contribution in [1.29, 1.82) is 0 Å². The number of aromatic nitrogens is 3. The van der Waals surface area contributed by atoms with Gasteiger partial charge in [0.05, 0.1) is 16.2 Å². The first-order valence-corrected chi connectivity index (χ1v) is 10.7. The summed E-state index contributed by atoms with van der Waals surface area (Å²) in [6, 6.07) is 10.3. The lowest BCUT2D eigenvalue weighted by molar-refractivity contribution is 0.0989. The molecule has 29 heavy (non-hydrogen) atoms. The van der Waals surface area contributed by atoms with Crippen LogP contribution in [0.25, 0.3) is 5.82 Å². The number of amides is 1. The summed E-state index contributed by atoms with van der Waals surface area (Å²) in [7, 11) is -2.14. The largest absolute Gasteiger partial charge is 0.308 e. The first-order chi connectivity index (χ1) is 13.8. The Bertz CT molecular complexity index is 1200. The van der Waals surface area contributed by atoms with Gasteiger partial charge in [-0.2, -0.15) is 5.10 Å². The smallest absolute Gasteiger partial charge is 0.259 e. The second kappa shape index (κ2) is 7.09. The van der Waals surface area contributed by atoms with Crippen molar-refractivity contribution in [2.45, 2.75) is 25.2 Å². The Morgan fingerprint density at radius 1 is 1.14 bits per heavy atom. The Kier molecular flexibility index (Phi) is 4.71. The Morgan fingerprint density at radius 3 is 2.55 bits per heavy atom. The van der Waals surface area contributed by atoms with E-state index in [1.807, 2.05) is 19.9 Å². The molecule has 9 heteroatoms. The molecule has 0 saturated heterocycles. The number of aryl methyl sites for hydroxylation is 2. The zero-order valence-corrected chi connectivity index (χ0v) is 17.2. The summed E-state index contributed by atoms with van der Waals surface area (Å²) in [5, 5.41) is 4.40. The average Bonchev–Trinajstić information content (AvgIpc) is 3.29. The summed E-state index contributed by atoms with van der Waals surface area (Å²) in [4.78, 5) is 19.2. The van der Waals surface area contributed by atoms with Gasteiger partial charge in [0, 0.05) is 24.1 Å². The van der Waals surface area contributed by atoms with Crippen molar-refractivity contribution in [2.75, 3.05) is 18.5 Å². The Morgan fingerprint density at radius 2 is 1.93 bits per heavy atom. The van der Waals surface area contributed by atoms with Crippen LogP contribution in [0.15, 0.2) is 47.5 Å². The highest BCUT2D eigenvalue weighted by molar-refractivity contribution is 7.89. The summed E-state index contributed by atoms with van der Waals surface area (Å²) in [5.41, 5.74) is 3.90. The van der Waals surface area contributed by atoms with E-state index in [-0.39, 0.29) is 10.8 Å². The van der Waals surface area contributed by atoms with Gasteiger partial charge in [-0.1, -0.05) is 0 Å². The summed E-state index contributed by atoms with van der Waals surface area (Å²) < 4.78 is 28.1. The first-order valence-electron chi connectivity index (χ1n) is 9.18. The minimum Gasteiger partial charge on any atom is -0.308 e. The van der Waals surface area contributed by atoms with Gasteiger partial charge >= 0.3 is 0 Å². The molecule has 1 aliphatic heterocycles. The maximum atomic E-state index is 13.0. The van der Waals surface area contributed by atoms with Crippen molar-refractivity contribution in [2.24, 2.45) is 0 Å². The molecule has 0 atom stereocenters. The summed E-state index contributed by atoms with van der Waals surface area (Å²) >= 11 is 0. The standard InChI is InChI=1S/C20H21N5O3S/c1-13-10-14(2)25(23-13)19-7-4-16(12-22-19)20(26)24-9-8-15-11-17(5-6-18(15)24)29(27,28)21-3/h4-7,10-12,21H,8-9H2,1-3H3. The second-order valence-corrected chi connectivity index (χ2v) is 8.84. The molecule has 1 amide bonds. The van der Waals surface area contributed by atoms with Gasteiger partial charge in [-0.25, -0.2) is 22.8 Å². The third-order valence-electron chi connectivity index (χ3n) is 4.99. The fourth-order valence-electron chi connectivity index (χ4n) is 3.53. The highest BCUT2D eigenvalue weighted by Crippen LogP contribution is 2.31. The SMILES string of the molecule is CNS(=O)(=O)c1ccc2c(c1)CCN2C(=O)c1ccc(-n2nc(C)cc2C)nc1. The number of hydrogen-bond donors (Lipinski definition) is 1. The van der Waals surface area contributed by atoms with Crippen LogP contribution in [0.2, 0.25) is 0 Å². The third kappa shape index (κ3) is 3.43. The van der Waals surface area contributed by atoms with E-state index in [2.05, 4.69) is 14.8 Å². The molecular formula is C20H21N5O3S. The fraction of sp³-hybridized carbons (Fsp3) is 0.250. The maximum Gasteiger partial charge on any atom is 0.259 e. The van der Waals surface area contributed by atoms with Crippen molar-refractivity contribution < 1.29 is 13.2 Å². The van der Waals surface area contributed by atoms with Gasteiger partial charge in [-0.05, 0) is 69.3 Å². The minimum absolute atomic E-state index is 0.166. The van der Waals surface area contributed by atoms with Crippen LogP contribution in [0, 0.1) is 13.8 Å². The molecule has 8 nitrogen and oxygen atoms in total. The number of rotatable bonds is 4. The predicted molar refractivity (Wildman–Crippen MR) is 109 cm³/mol. The molecule has 3 heterocycles. The Labute approximate surface area is 169 Å². The summed E-state index contributed by atoms with van der Waals surface area (Å²) in [5.74, 6) is 0.483. The molecule has 1 aliphatic rings. The van der Waals surface area contributed by atoms with Gasteiger partial charge in [0.2, 0.25) is 10.0 Å². The third-order valence-corrected chi connectivity index (χ3v) is 6.40. The minimum atomic E-state index is -3.51. The van der Waals surface area contributed by atoms with Crippen molar-refractivity contribution in [3.63, 3.8) is 0 Å². The van der Waals surface area contributed by atoms with Gasteiger partial charge in [0.1, 0.15) is 0 Å². The molecule has 1 N–H and O–H groups in total. The molecule has 2 aromatic heterocycles. The van der Waals surface area contributed by atoms with E-state index >= 15 is 0 Å². The van der Waals surface area contributed by atoms with Gasteiger partial charge in [-0.15, -0.1) is 0 Å². The van der Waals surface area contributed by atoms with Crippen molar-refractivity contribution in [3.05, 3.63) is 65.1 Å². The zero-order valence-electron chi connectivity index (χ0n) is 16.4. The lowest BCUT2D eigenvalue weighted by Crippen LogP contribution is -2.29. The topological polar surface area (TPSA) is 97.2 Å². The van der Waals surface area contributed by atoms with Crippen LogP contribution in [0.4, 0.5) is 5.69 Å². The van der Waals surface area contributed by atoms with Crippen LogP contribution in [0.5, 0.6) is 0 Å². The molecule has 4 rings (SSSR count). The molecule has 1 aromatic carbocycles. The van der Waals surface area contributed by atoms with Gasteiger partial charge in [-0.3, -0.25) is 4.79 Å². The number of nitrogens with zero attached hydrogens (tertiary/aromatic N) is 4. The molecule has 0 bridgehead atoms. The van der Waals surface area contributed by atoms with Crippen molar-refractivity contribution in [3.8, 4) is 5.82 Å². The molecule has 0 spiro atoms. The highest BCUT2D eigenvalue weighted by atomic mass is 32.2. The van der Waals surface area contributed by atoms with Crippen LogP contribution >= 0.6 is 0 Å². The highest BCUT2D eigenvalue weighted by Gasteiger charge is 2.27. The molecule has 0 unspecified atom stereocenters. The van der Waals surface area contributed by atoms with Crippen molar-refractivity contribution >= 4 is 21.6 Å². The van der Waals surface area contributed by atoms with E-state index in [1.165, 1.54) is 13.1 Å². The quantitative estimate of drug-likeness (QED) is 0.708. The average molecular weight is 411 g/mol. The van der Waals surface area contributed by atoms with Crippen LogP contribution in [-0.2, 0) is 16.4 Å². The second-order valence-electron chi connectivity index (χ2n) is 6.95. The van der Waals surface area contributed by atoms with Crippen LogP contribution in [0.3, 0.4) is 0 Å². The number of benzene rings is 1. The lowest BCUT2D eigenvalue weighted by Gasteiger charge is -2.17. The molecule has 3 aromatic rings. The normalized spacial score (nSPS) is 13.6. The molecule has 0 aliphatic carbocycles. The number of fused-ring (bicyclic) bond motifs is 1. The predicted octanol–water partition coefficient (Wildman–Crippen LogP) is 2.00. The molecule has 0 fully saturated rings. The monoisotopic (exact) mass is 411 g/mol.